The first kappa shape index (κ1) is 15.2. The zero-order valence-corrected chi connectivity index (χ0v) is 12.3. The van der Waals surface area contributed by atoms with Crippen LogP contribution in [0, 0.1) is 5.92 Å². The van der Waals surface area contributed by atoms with Crippen LogP contribution >= 0.6 is 0 Å². The molecule has 0 bridgehead atoms. The van der Waals surface area contributed by atoms with Gasteiger partial charge in [0.1, 0.15) is 5.75 Å². The van der Waals surface area contributed by atoms with Crippen LogP contribution in [-0.2, 0) is 9.53 Å². The first-order valence-electron chi connectivity index (χ1n) is 7.01. The van der Waals surface area contributed by atoms with E-state index in [1.54, 1.807) is 26.0 Å². The normalized spacial score (nSPS) is 17.0. The lowest BCUT2D eigenvalue weighted by Gasteiger charge is -2.10. The Kier molecular flexibility index (Phi) is 4.40. The van der Waals surface area contributed by atoms with E-state index < -0.39 is 29.6 Å². The minimum absolute atomic E-state index is 0.259. The highest BCUT2D eigenvalue weighted by Gasteiger charge is 2.41. The Bertz CT molecular complexity index is 588. The predicted octanol–water partition coefficient (Wildman–Crippen LogP) is 2.42. The summed E-state index contributed by atoms with van der Waals surface area (Å²) in [5.74, 6) is -1.36. The molecule has 0 saturated carbocycles. The number of hydrogen-bond donors (Lipinski definition) is 0. The molecule has 1 aromatic rings. The highest BCUT2D eigenvalue weighted by molar-refractivity contribution is 6.29. The number of hydrogen-bond acceptors (Lipinski definition) is 5. The van der Waals surface area contributed by atoms with E-state index in [1.165, 1.54) is 6.07 Å². The molecule has 0 spiro atoms. The highest BCUT2D eigenvalue weighted by Crippen LogP contribution is 2.28. The molecule has 0 aliphatic heterocycles. The molecule has 0 radical (unpaired) electrons. The minimum Gasteiger partial charge on any atom is -0.494 e. The number of Topliss-reactive ketones (excluding diaryl/α,β-unsaturated/α-hetero) is 2. The quantitative estimate of drug-likeness (QED) is 0.615. The Hall–Kier alpha value is -2.17. The van der Waals surface area contributed by atoms with Crippen molar-refractivity contribution in [1.82, 2.24) is 0 Å². The van der Waals surface area contributed by atoms with E-state index in [1.807, 2.05) is 6.92 Å². The van der Waals surface area contributed by atoms with Gasteiger partial charge >= 0.3 is 5.97 Å². The van der Waals surface area contributed by atoms with Crippen molar-refractivity contribution in [3.63, 3.8) is 0 Å². The van der Waals surface area contributed by atoms with Gasteiger partial charge in [-0.2, -0.15) is 0 Å². The van der Waals surface area contributed by atoms with Gasteiger partial charge in [-0.15, -0.1) is 0 Å². The average Bonchev–Trinajstić information content (AvgIpc) is 2.69. The summed E-state index contributed by atoms with van der Waals surface area (Å²) in [6.07, 6.45) is -0.505. The number of rotatable bonds is 5. The molecule has 0 N–H and O–H groups in total. The third kappa shape index (κ3) is 2.96. The number of fused-ring (bicyclic) bond motifs is 1. The number of carbonyl (C=O) groups is 3. The minimum atomic E-state index is -1.35. The van der Waals surface area contributed by atoms with Crippen LogP contribution in [0.2, 0.25) is 0 Å². The molecule has 5 heteroatoms. The average molecular weight is 290 g/mol. The Morgan fingerprint density at radius 2 is 1.86 bits per heavy atom. The van der Waals surface area contributed by atoms with Gasteiger partial charge in [0.15, 0.2) is 0 Å². The van der Waals surface area contributed by atoms with Crippen LogP contribution in [0.3, 0.4) is 0 Å². The number of ketones is 2. The van der Waals surface area contributed by atoms with Crippen LogP contribution in [0.15, 0.2) is 18.2 Å². The van der Waals surface area contributed by atoms with Gasteiger partial charge in [0, 0.05) is 11.1 Å². The molecular formula is C16H18O5. The van der Waals surface area contributed by atoms with Crippen LogP contribution in [-0.4, -0.2) is 30.2 Å². The summed E-state index contributed by atoms with van der Waals surface area (Å²) in [6.45, 7) is 5.81. The number of benzene rings is 1. The Balaban J connectivity index is 2.23. The van der Waals surface area contributed by atoms with Gasteiger partial charge in [0.25, 0.3) is 0 Å². The monoisotopic (exact) mass is 290 g/mol. The molecule has 0 fully saturated rings. The second-order valence-electron chi connectivity index (χ2n) is 5.26. The number of ether oxygens (including phenoxy) is 2. The molecule has 0 heterocycles. The van der Waals surface area contributed by atoms with Crippen molar-refractivity contribution in [2.45, 2.75) is 33.3 Å². The Morgan fingerprint density at radius 1 is 1.19 bits per heavy atom. The lowest BCUT2D eigenvalue weighted by atomic mass is 10.1. The second-order valence-corrected chi connectivity index (χ2v) is 5.26. The molecule has 1 unspecified atom stereocenters. The fraction of sp³-hybridized carbons (Fsp3) is 0.438. The number of carbonyl (C=O) groups excluding carboxylic acids is 3. The molecule has 1 aliphatic carbocycles. The van der Waals surface area contributed by atoms with E-state index in [4.69, 9.17) is 9.47 Å². The maximum atomic E-state index is 12.2. The summed E-state index contributed by atoms with van der Waals surface area (Å²) >= 11 is 0. The van der Waals surface area contributed by atoms with E-state index >= 15 is 0 Å². The van der Waals surface area contributed by atoms with Gasteiger partial charge in [0.2, 0.25) is 17.7 Å². The van der Waals surface area contributed by atoms with Crippen LogP contribution < -0.4 is 4.74 Å². The van der Waals surface area contributed by atoms with Gasteiger partial charge in [-0.3, -0.25) is 14.4 Å². The lowest BCUT2D eigenvalue weighted by Crippen LogP contribution is -2.30. The molecule has 5 nitrogen and oxygen atoms in total. The first-order valence-corrected chi connectivity index (χ1v) is 7.01. The Labute approximate surface area is 123 Å². The Morgan fingerprint density at radius 3 is 2.48 bits per heavy atom. The molecular weight excluding hydrogens is 272 g/mol. The molecule has 21 heavy (non-hydrogen) atoms. The summed E-state index contributed by atoms with van der Waals surface area (Å²) in [5, 5.41) is 0. The van der Waals surface area contributed by atoms with Gasteiger partial charge < -0.3 is 9.47 Å². The third-order valence-corrected chi connectivity index (χ3v) is 3.18. The summed E-state index contributed by atoms with van der Waals surface area (Å²) in [6, 6.07) is 4.73. The summed E-state index contributed by atoms with van der Waals surface area (Å²) < 4.78 is 10.5. The van der Waals surface area contributed by atoms with Crippen LogP contribution in [0.4, 0.5) is 0 Å². The third-order valence-electron chi connectivity index (χ3n) is 3.18. The van der Waals surface area contributed by atoms with E-state index in [2.05, 4.69) is 0 Å². The maximum absolute atomic E-state index is 12.2. The SMILES string of the molecule is CCCOc1ccc2c(c1)C(=O)C(OC(=O)C(C)C)C2=O. The molecule has 2 rings (SSSR count). The van der Waals surface area contributed by atoms with E-state index in [0.717, 1.165) is 6.42 Å². The smallest absolute Gasteiger partial charge is 0.309 e. The molecule has 0 amide bonds. The van der Waals surface area contributed by atoms with Crippen LogP contribution in [0.25, 0.3) is 0 Å². The van der Waals surface area contributed by atoms with Crippen molar-refractivity contribution in [2.24, 2.45) is 5.92 Å². The summed E-state index contributed by atoms with van der Waals surface area (Å²) in [5.41, 5.74) is 0.542. The van der Waals surface area contributed by atoms with Crippen LogP contribution in [0.5, 0.6) is 5.75 Å². The summed E-state index contributed by atoms with van der Waals surface area (Å²) in [7, 11) is 0. The van der Waals surface area contributed by atoms with Gasteiger partial charge in [-0.25, -0.2) is 0 Å². The van der Waals surface area contributed by atoms with Gasteiger partial charge in [0.05, 0.1) is 12.5 Å². The van der Waals surface area contributed by atoms with Gasteiger partial charge in [-0.1, -0.05) is 20.8 Å². The van der Waals surface area contributed by atoms with E-state index in [9.17, 15) is 14.4 Å². The topological polar surface area (TPSA) is 69.7 Å². The fourth-order valence-corrected chi connectivity index (χ4v) is 2.01. The van der Waals surface area contributed by atoms with Crippen LogP contribution in [0.1, 0.15) is 47.9 Å². The highest BCUT2D eigenvalue weighted by atomic mass is 16.6. The van der Waals surface area contributed by atoms with Gasteiger partial charge in [-0.05, 0) is 24.6 Å². The molecule has 0 aromatic heterocycles. The lowest BCUT2D eigenvalue weighted by molar-refractivity contribution is -0.148. The molecule has 1 atom stereocenters. The zero-order chi connectivity index (χ0) is 15.6. The summed E-state index contributed by atoms with van der Waals surface area (Å²) in [4.78, 5) is 36.0. The van der Waals surface area contributed by atoms with Crippen molar-refractivity contribution in [3.05, 3.63) is 29.3 Å². The van der Waals surface area contributed by atoms with E-state index in [-0.39, 0.29) is 11.1 Å². The van der Waals surface area contributed by atoms with Crippen molar-refractivity contribution in [3.8, 4) is 5.75 Å². The van der Waals surface area contributed by atoms with E-state index in [0.29, 0.717) is 12.4 Å². The fourth-order valence-electron chi connectivity index (χ4n) is 2.01. The zero-order valence-electron chi connectivity index (χ0n) is 12.3. The molecule has 112 valence electrons. The first-order chi connectivity index (χ1) is 9.95. The predicted molar refractivity (Wildman–Crippen MR) is 75.6 cm³/mol. The van der Waals surface area contributed by atoms with Crippen molar-refractivity contribution in [1.29, 1.82) is 0 Å². The number of esters is 1. The van der Waals surface area contributed by atoms with Crippen molar-refractivity contribution >= 4 is 17.5 Å². The van der Waals surface area contributed by atoms with Crippen molar-refractivity contribution in [2.75, 3.05) is 6.61 Å². The van der Waals surface area contributed by atoms with Crippen molar-refractivity contribution < 1.29 is 23.9 Å². The standard InChI is InChI=1S/C16H18O5/c1-4-7-20-10-5-6-11-12(8-10)14(18)15(13(11)17)21-16(19)9(2)3/h5-6,8-9,15H,4,7H2,1-3H3. The molecule has 0 saturated heterocycles. The largest absolute Gasteiger partial charge is 0.494 e. The second kappa shape index (κ2) is 6.08. The maximum Gasteiger partial charge on any atom is 0.309 e. The molecule has 1 aliphatic rings. The molecule has 1 aromatic carbocycles.